The van der Waals surface area contributed by atoms with Crippen molar-refractivity contribution in [1.82, 2.24) is 9.55 Å². The maximum Gasteiger partial charge on any atom is 0.340 e. The van der Waals surface area contributed by atoms with Gasteiger partial charge in [0.05, 0.1) is 28.8 Å². The van der Waals surface area contributed by atoms with E-state index in [1.807, 2.05) is 12.1 Å². The van der Waals surface area contributed by atoms with Gasteiger partial charge in [0.1, 0.15) is 6.61 Å². The quantitative estimate of drug-likeness (QED) is 0.633. The molecule has 1 unspecified atom stereocenters. The molecule has 4 heterocycles. The number of cyclic esters (lactones) is 1. The van der Waals surface area contributed by atoms with Crippen molar-refractivity contribution < 1.29 is 14.3 Å². The lowest BCUT2D eigenvalue weighted by atomic mass is 10.0. The van der Waals surface area contributed by atoms with Crippen molar-refractivity contribution in [2.75, 3.05) is 7.11 Å². The Hall–Kier alpha value is -2.99. The average Bonchev–Trinajstić information content (AvgIpc) is 2.93. The van der Waals surface area contributed by atoms with E-state index in [0.717, 1.165) is 10.8 Å². The second-order valence-corrected chi connectivity index (χ2v) is 6.01. The number of hydrogen-bond acceptors (Lipinski definition) is 5. The fourth-order valence-electron chi connectivity index (χ4n) is 3.40. The summed E-state index contributed by atoms with van der Waals surface area (Å²) < 4.78 is 12.0. The van der Waals surface area contributed by atoms with E-state index in [-0.39, 0.29) is 12.2 Å². The molecule has 2 aliphatic rings. The highest BCUT2D eigenvalue weighted by Crippen LogP contribution is 2.33. The molecule has 0 bridgehead atoms. The van der Waals surface area contributed by atoms with Gasteiger partial charge in [0.2, 0.25) is 0 Å². The topological polar surface area (TPSA) is 70.4 Å². The lowest BCUT2D eigenvalue weighted by Crippen LogP contribution is -2.33. The third-order valence-electron chi connectivity index (χ3n) is 4.61. The summed E-state index contributed by atoms with van der Waals surface area (Å²) in [7, 11) is 1.42. The van der Waals surface area contributed by atoms with E-state index in [4.69, 9.17) is 9.47 Å². The Labute approximate surface area is 143 Å². The molecule has 2 aromatic rings. The average molecular weight is 336 g/mol. The van der Waals surface area contributed by atoms with E-state index in [2.05, 4.69) is 18.1 Å². The Balaban J connectivity index is 1.99. The molecule has 0 aromatic carbocycles. The highest BCUT2D eigenvalue weighted by Gasteiger charge is 2.34. The number of methoxy groups -OCH3 is 1. The summed E-state index contributed by atoms with van der Waals surface area (Å²) in [4.78, 5) is 29.4. The van der Waals surface area contributed by atoms with Crippen molar-refractivity contribution >= 4 is 18.6 Å². The molecule has 0 fully saturated rings. The van der Waals surface area contributed by atoms with E-state index in [9.17, 15) is 9.59 Å². The van der Waals surface area contributed by atoms with Crippen molar-refractivity contribution in [2.45, 2.75) is 19.3 Å². The van der Waals surface area contributed by atoms with Crippen LogP contribution in [0.25, 0.3) is 24.0 Å². The summed E-state index contributed by atoms with van der Waals surface area (Å²) in [5, 5.41) is 1.48. The van der Waals surface area contributed by atoms with Crippen LogP contribution in [0.15, 0.2) is 29.6 Å². The van der Waals surface area contributed by atoms with Gasteiger partial charge in [-0.05, 0) is 17.4 Å². The molecule has 0 radical (unpaired) electrons. The van der Waals surface area contributed by atoms with Gasteiger partial charge in [0.15, 0.2) is 6.10 Å². The van der Waals surface area contributed by atoms with Crippen LogP contribution in [0.5, 0.6) is 0 Å². The van der Waals surface area contributed by atoms with Crippen LogP contribution in [-0.2, 0) is 27.4 Å². The first kappa shape index (κ1) is 15.5. The second kappa shape index (κ2) is 5.53. The first-order valence-corrected chi connectivity index (χ1v) is 7.83. The number of rotatable bonds is 2. The van der Waals surface area contributed by atoms with E-state index in [0.29, 0.717) is 34.4 Å². The van der Waals surface area contributed by atoms with Gasteiger partial charge in [0, 0.05) is 18.2 Å². The highest BCUT2D eigenvalue weighted by molar-refractivity contribution is 5.79. The largest absolute Gasteiger partial charge is 0.458 e. The van der Waals surface area contributed by atoms with Crippen LogP contribution in [0.4, 0.5) is 0 Å². The number of esters is 1. The van der Waals surface area contributed by atoms with Crippen molar-refractivity contribution in [3.05, 3.63) is 62.4 Å². The van der Waals surface area contributed by atoms with Gasteiger partial charge in [0.25, 0.3) is 5.56 Å². The molecule has 126 valence electrons. The van der Waals surface area contributed by atoms with Crippen LogP contribution < -0.4 is 16.1 Å². The van der Waals surface area contributed by atoms with Gasteiger partial charge >= 0.3 is 5.97 Å². The predicted octanol–water partition coefficient (Wildman–Crippen LogP) is 0.393. The van der Waals surface area contributed by atoms with Crippen molar-refractivity contribution in [3.8, 4) is 11.4 Å². The Morgan fingerprint density at radius 1 is 1.40 bits per heavy atom. The molecule has 25 heavy (non-hydrogen) atoms. The molecule has 0 aliphatic carbocycles. The number of carbonyl (C=O) groups is 1. The Bertz CT molecular complexity index is 1100. The third-order valence-corrected chi connectivity index (χ3v) is 4.61. The summed E-state index contributed by atoms with van der Waals surface area (Å²) in [6.45, 7) is 8.05. The fourth-order valence-corrected chi connectivity index (χ4v) is 3.40. The van der Waals surface area contributed by atoms with Gasteiger partial charge in [-0.15, -0.1) is 0 Å². The molecule has 4 rings (SSSR count). The molecule has 0 saturated carbocycles. The Morgan fingerprint density at radius 3 is 2.92 bits per heavy atom. The number of carbonyl (C=O) groups excluding carboxylic acids is 1. The monoisotopic (exact) mass is 336 g/mol. The molecule has 6 nitrogen and oxygen atoms in total. The normalized spacial score (nSPS) is 18.4. The zero-order chi connectivity index (χ0) is 17.7. The number of nitrogens with zero attached hydrogens (tertiary/aromatic N) is 2. The number of fused-ring (bicyclic) bond motifs is 4. The minimum absolute atomic E-state index is 0.0347. The molecule has 0 N–H and O–H groups in total. The molecule has 1 atom stereocenters. The first-order valence-electron chi connectivity index (χ1n) is 7.83. The Kier molecular flexibility index (Phi) is 3.43. The van der Waals surface area contributed by atoms with Crippen LogP contribution in [0.2, 0.25) is 0 Å². The second-order valence-electron chi connectivity index (χ2n) is 6.01. The maximum absolute atomic E-state index is 12.9. The zero-order valence-corrected chi connectivity index (χ0v) is 13.7. The van der Waals surface area contributed by atoms with Crippen LogP contribution in [-0.4, -0.2) is 22.6 Å². The first-order chi connectivity index (χ1) is 12.0. The van der Waals surface area contributed by atoms with Gasteiger partial charge < -0.3 is 14.0 Å². The van der Waals surface area contributed by atoms with E-state index in [1.165, 1.54) is 7.11 Å². The number of allylic oxidation sites excluding steroid dienone is 1. The number of pyridine rings is 2. The number of ether oxygens (including phenoxy) is 2. The lowest BCUT2D eigenvalue weighted by molar-refractivity contribution is -0.159. The molecule has 0 spiro atoms. The van der Waals surface area contributed by atoms with Crippen LogP contribution in [0, 0.1) is 0 Å². The van der Waals surface area contributed by atoms with Crippen molar-refractivity contribution in [2.24, 2.45) is 0 Å². The zero-order valence-electron chi connectivity index (χ0n) is 13.7. The van der Waals surface area contributed by atoms with Gasteiger partial charge in [-0.3, -0.25) is 4.79 Å². The molecule has 2 aromatic heterocycles. The summed E-state index contributed by atoms with van der Waals surface area (Å²) in [5.74, 6) is -0.487. The number of aromatic nitrogens is 2. The Morgan fingerprint density at radius 2 is 2.20 bits per heavy atom. The minimum atomic E-state index is -0.890. The molecule has 2 aliphatic heterocycles. The molecule has 0 amide bonds. The van der Waals surface area contributed by atoms with Crippen LogP contribution in [0.3, 0.4) is 0 Å². The van der Waals surface area contributed by atoms with Gasteiger partial charge in [-0.2, -0.15) is 0 Å². The van der Waals surface area contributed by atoms with Crippen molar-refractivity contribution in [3.63, 3.8) is 0 Å². The minimum Gasteiger partial charge on any atom is -0.458 e. The SMILES string of the molecule is C=C/C=c1/cc2c(nc1=C)-c1cc3c(c(=O)n1C2)COC(=O)C3OC. The van der Waals surface area contributed by atoms with E-state index < -0.39 is 12.1 Å². The fraction of sp³-hybridized carbons (Fsp3) is 0.211. The van der Waals surface area contributed by atoms with Crippen LogP contribution >= 0.6 is 0 Å². The van der Waals surface area contributed by atoms with Crippen molar-refractivity contribution in [1.29, 1.82) is 0 Å². The summed E-state index contributed by atoms with van der Waals surface area (Å²) in [6, 6.07) is 3.77. The molecular formula is C19H16N2O4. The number of hydrogen-bond donors (Lipinski definition) is 0. The predicted molar refractivity (Wildman–Crippen MR) is 92.0 cm³/mol. The molecular weight excluding hydrogens is 320 g/mol. The third kappa shape index (κ3) is 2.18. The summed E-state index contributed by atoms with van der Waals surface area (Å²) >= 11 is 0. The van der Waals surface area contributed by atoms with E-state index in [1.54, 1.807) is 16.7 Å². The van der Waals surface area contributed by atoms with Gasteiger partial charge in [-0.25, -0.2) is 9.78 Å². The standard InChI is InChI=1S/C19H16N2O4/c1-4-5-11-6-12-8-21-15(16(12)20-10(11)2)7-13-14(18(21)22)9-25-19(23)17(13)24-3/h4-7,17H,1-2,8-9H2,3H3/b11-5-. The van der Waals surface area contributed by atoms with Gasteiger partial charge in [-0.1, -0.05) is 25.3 Å². The summed E-state index contributed by atoms with van der Waals surface area (Å²) in [6.07, 6.45) is 2.62. The van der Waals surface area contributed by atoms with Crippen LogP contribution in [0.1, 0.15) is 22.8 Å². The smallest absolute Gasteiger partial charge is 0.340 e. The molecule has 0 saturated heterocycles. The maximum atomic E-state index is 12.9. The highest BCUT2D eigenvalue weighted by atomic mass is 16.6. The summed E-state index contributed by atoms with van der Waals surface area (Å²) in [5.41, 5.74) is 3.14. The van der Waals surface area contributed by atoms with E-state index >= 15 is 0 Å². The lowest BCUT2D eigenvalue weighted by Gasteiger charge is -2.24. The molecule has 6 heteroatoms.